The van der Waals surface area contributed by atoms with Gasteiger partial charge < -0.3 is 9.64 Å². The maximum absolute atomic E-state index is 13.1. The summed E-state index contributed by atoms with van der Waals surface area (Å²) < 4.78 is 5.91. The van der Waals surface area contributed by atoms with E-state index in [1.54, 1.807) is 0 Å². The number of hydrogen-bond acceptors (Lipinski definition) is 3. The van der Waals surface area contributed by atoms with Crippen molar-refractivity contribution in [2.45, 2.75) is 36.0 Å². The highest BCUT2D eigenvalue weighted by Gasteiger charge is 2.34. The van der Waals surface area contributed by atoms with Crippen LogP contribution in [-0.2, 0) is 11.2 Å². The van der Waals surface area contributed by atoms with Crippen molar-refractivity contribution < 1.29 is 9.53 Å². The van der Waals surface area contributed by atoms with Gasteiger partial charge in [-0.2, -0.15) is 0 Å². The Morgan fingerprint density at radius 3 is 2.83 bits per heavy atom. The summed E-state index contributed by atoms with van der Waals surface area (Å²) in [6, 6.07) is 16.1. The molecule has 23 heavy (non-hydrogen) atoms. The molecule has 0 unspecified atom stereocenters. The van der Waals surface area contributed by atoms with Crippen molar-refractivity contribution >= 4 is 23.4 Å². The third-order valence-electron chi connectivity index (χ3n) is 4.43. The number of fused-ring (bicyclic) bond motifs is 2. The number of para-hydroxylation sites is 2. The minimum atomic E-state index is -0.404. The van der Waals surface area contributed by atoms with Gasteiger partial charge in [0.05, 0.1) is 5.69 Å². The SMILES string of the molecule is C[C@@H]1CCN(C(=O)[C@H]2Cc3ccccc3O2)c2ccccc2S1. The summed E-state index contributed by atoms with van der Waals surface area (Å²) in [5, 5.41) is 0.510. The molecular weight excluding hydrogens is 306 g/mol. The molecule has 0 N–H and O–H groups in total. The van der Waals surface area contributed by atoms with E-state index in [1.165, 1.54) is 4.90 Å². The molecule has 4 heteroatoms. The van der Waals surface area contributed by atoms with Crippen LogP contribution in [-0.4, -0.2) is 23.8 Å². The Hall–Kier alpha value is -1.94. The van der Waals surface area contributed by atoms with Gasteiger partial charge in [0, 0.05) is 23.1 Å². The monoisotopic (exact) mass is 325 g/mol. The Morgan fingerprint density at radius 2 is 1.96 bits per heavy atom. The molecule has 0 spiro atoms. The highest BCUT2D eigenvalue weighted by atomic mass is 32.2. The van der Waals surface area contributed by atoms with E-state index in [2.05, 4.69) is 13.0 Å². The van der Waals surface area contributed by atoms with Crippen LogP contribution >= 0.6 is 11.8 Å². The second-order valence-electron chi connectivity index (χ2n) is 6.09. The van der Waals surface area contributed by atoms with Crippen LogP contribution in [0.15, 0.2) is 53.4 Å². The van der Waals surface area contributed by atoms with E-state index in [0.717, 1.165) is 30.0 Å². The number of rotatable bonds is 1. The Labute approximate surface area is 140 Å². The second kappa shape index (κ2) is 5.93. The Bertz CT molecular complexity index is 721. The van der Waals surface area contributed by atoms with Gasteiger partial charge >= 0.3 is 0 Å². The average molecular weight is 325 g/mol. The van der Waals surface area contributed by atoms with Crippen LogP contribution in [0.4, 0.5) is 5.69 Å². The molecule has 2 aliphatic rings. The predicted octanol–water partition coefficient (Wildman–Crippen LogP) is 3.91. The number of carbonyl (C=O) groups excluding carboxylic acids is 1. The van der Waals surface area contributed by atoms with E-state index in [1.807, 2.05) is 59.1 Å². The van der Waals surface area contributed by atoms with Crippen molar-refractivity contribution in [2.75, 3.05) is 11.4 Å². The number of thioether (sulfide) groups is 1. The summed E-state index contributed by atoms with van der Waals surface area (Å²) in [6.45, 7) is 2.97. The number of carbonyl (C=O) groups is 1. The summed E-state index contributed by atoms with van der Waals surface area (Å²) in [5.41, 5.74) is 2.14. The maximum Gasteiger partial charge on any atom is 0.268 e. The molecule has 0 radical (unpaired) electrons. The normalized spacial score (nSPS) is 22.7. The van der Waals surface area contributed by atoms with Crippen molar-refractivity contribution in [1.29, 1.82) is 0 Å². The molecule has 0 saturated heterocycles. The van der Waals surface area contributed by atoms with Gasteiger partial charge in [-0.3, -0.25) is 4.79 Å². The quantitative estimate of drug-likeness (QED) is 0.796. The number of hydrogen-bond donors (Lipinski definition) is 0. The van der Waals surface area contributed by atoms with Gasteiger partial charge in [-0.25, -0.2) is 0 Å². The Balaban J connectivity index is 1.62. The lowest BCUT2D eigenvalue weighted by Gasteiger charge is -2.25. The van der Waals surface area contributed by atoms with Crippen molar-refractivity contribution in [1.82, 2.24) is 0 Å². The lowest BCUT2D eigenvalue weighted by atomic mass is 10.1. The summed E-state index contributed by atoms with van der Waals surface area (Å²) >= 11 is 1.85. The molecule has 0 fully saturated rings. The van der Waals surface area contributed by atoms with Crippen molar-refractivity contribution in [3.8, 4) is 5.75 Å². The summed E-state index contributed by atoms with van der Waals surface area (Å²) in [5.74, 6) is 0.917. The number of amides is 1. The number of benzene rings is 2. The molecule has 2 aromatic rings. The molecule has 3 nitrogen and oxygen atoms in total. The predicted molar refractivity (Wildman–Crippen MR) is 93.3 cm³/mol. The molecule has 0 aliphatic carbocycles. The Morgan fingerprint density at radius 1 is 1.17 bits per heavy atom. The van der Waals surface area contributed by atoms with E-state index < -0.39 is 6.10 Å². The number of anilines is 1. The largest absolute Gasteiger partial charge is 0.480 e. The van der Waals surface area contributed by atoms with Crippen LogP contribution < -0.4 is 9.64 Å². The van der Waals surface area contributed by atoms with Crippen LogP contribution in [0.3, 0.4) is 0 Å². The first-order valence-corrected chi connectivity index (χ1v) is 8.92. The summed E-state index contributed by atoms with van der Waals surface area (Å²) in [7, 11) is 0. The average Bonchev–Trinajstić information content (AvgIpc) is 2.92. The molecule has 2 aliphatic heterocycles. The van der Waals surface area contributed by atoms with Gasteiger partial charge in [-0.05, 0) is 30.2 Å². The van der Waals surface area contributed by atoms with Crippen molar-refractivity contribution in [2.24, 2.45) is 0 Å². The first kappa shape index (κ1) is 14.6. The number of ether oxygens (including phenoxy) is 1. The van der Waals surface area contributed by atoms with Gasteiger partial charge in [0.25, 0.3) is 5.91 Å². The molecule has 2 atom stereocenters. The van der Waals surface area contributed by atoms with Gasteiger partial charge in [-0.15, -0.1) is 11.8 Å². The van der Waals surface area contributed by atoms with E-state index in [-0.39, 0.29) is 5.91 Å². The lowest BCUT2D eigenvalue weighted by Crippen LogP contribution is -2.42. The first-order chi connectivity index (χ1) is 11.2. The molecule has 4 rings (SSSR count). The minimum Gasteiger partial charge on any atom is -0.480 e. The smallest absolute Gasteiger partial charge is 0.268 e. The summed E-state index contributed by atoms with van der Waals surface area (Å²) in [6.07, 6.45) is 1.25. The molecule has 0 aromatic heterocycles. The zero-order valence-electron chi connectivity index (χ0n) is 13.1. The summed E-state index contributed by atoms with van der Waals surface area (Å²) in [4.78, 5) is 16.2. The highest BCUT2D eigenvalue weighted by Crippen LogP contribution is 2.38. The van der Waals surface area contributed by atoms with Crippen molar-refractivity contribution in [3.05, 3.63) is 54.1 Å². The molecular formula is C19H19NO2S. The molecule has 1 amide bonds. The topological polar surface area (TPSA) is 29.5 Å². The van der Waals surface area contributed by atoms with Crippen molar-refractivity contribution in [3.63, 3.8) is 0 Å². The fourth-order valence-electron chi connectivity index (χ4n) is 3.21. The molecule has 2 heterocycles. The van der Waals surface area contributed by atoms with Gasteiger partial charge in [0.1, 0.15) is 5.75 Å². The zero-order chi connectivity index (χ0) is 15.8. The standard InChI is InChI=1S/C19H19NO2S/c1-13-10-11-20(15-7-3-5-9-18(15)23-13)19(21)17-12-14-6-2-4-8-16(14)22-17/h2-9,13,17H,10-12H2,1H3/t13-,17-/m1/s1. The maximum atomic E-state index is 13.1. The lowest BCUT2D eigenvalue weighted by molar-refractivity contribution is -0.124. The van der Waals surface area contributed by atoms with Gasteiger partial charge in [-0.1, -0.05) is 37.3 Å². The van der Waals surface area contributed by atoms with Gasteiger partial charge in [0.15, 0.2) is 6.10 Å². The zero-order valence-corrected chi connectivity index (χ0v) is 13.9. The third kappa shape index (κ3) is 2.72. The molecule has 0 saturated carbocycles. The second-order valence-corrected chi connectivity index (χ2v) is 7.57. The molecule has 2 aromatic carbocycles. The third-order valence-corrected chi connectivity index (χ3v) is 5.67. The van der Waals surface area contributed by atoms with Crippen LogP contribution in [0.5, 0.6) is 5.75 Å². The van der Waals surface area contributed by atoms with E-state index in [9.17, 15) is 4.79 Å². The fourth-order valence-corrected chi connectivity index (χ4v) is 4.32. The van der Waals surface area contributed by atoms with Crippen LogP contribution in [0.2, 0.25) is 0 Å². The number of nitrogens with zero attached hydrogens (tertiary/aromatic N) is 1. The fraction of sp³-hybridized carbons (Fsp3) is 0.316. The van der Waals surface area contributed by atoms with E-state index in [4.69, 9.17) is 4.74 Å². The van der Waals surface area contributed by atoms with Gasteiger partial charge in [0.2, 0.25) is 0 Å². The molecule has 118 valence electrons. The van der Waals surface area contributed by atoms with Crippen LogP contribution in [0.1, 0.15) is 18.9 Å². The Kier molecular flexibility index (Phi) is 3.77. The van der Waals surface area contributed by atoms with Crippen LogP contribution in [0, 0.1) is 0 Å². The van der Waals surface area contributed by atoms with E-state index >= 15 is 0 Å². The van der Waals surface area contributed by atoms with Crippen LogP contribution in [0.25, 0.3) is 0 Å². The first-order valence-electron chi connectivity index (χ1n) is 8.04. The van der Waals surface area contributed by atoms with E-state index in [0.29, 0.717) is 11.7 Å². The molecule has 0 bridgehead atoms. The minimum absolute atomic E-state index is 0.0725. The highest BCUT2D eigenvalue weighted by molar-refractivity contribution is 8.00.